The zero-order chi connectivity index (χ0) is 38.4. The third kappa shape index (κ3) is 6.07. The Bertz CT molecular complexity index is 3340. The van der Waals surface area contributed by atoms with Crippen LogP contribution in [0.2, 0.25) is 0 Å². The van der Waals surface area contributed by atoms with Crippen LogP contribution >= 0.6 is 0 Å². The third-order valence-corrected chi connectivity index (χ3v) is 11.3. The van der Waals surface area contributed by atoms with E-state index in [-0.39, 0.29) is 0 Å². The van der Waals surface area contributed by atoms with Crippen LogP contribution in [0.3, 0.4) is 0 Å². The lowest BCUT2D eigenvalue weighted by molar-refractivity contribution is 1.08. The second-order valence-corrected chi connectivity index (χ2v) is 14.8. The van der Waals surface area contributed by atoms with E-state index in [1.54, 1.807) is 0 Å². The topological polar surface area (TPSA) is 38.7 Å². The average molecular weight is 738 g/mol. The van der Waals surface area contributed by atoms with Gasteiger partial charge in [0.2, 0.25) is 0 Å². The van der Waals surface area contributed by atoms with Crippen LogP contribution in [0.25, 0.3) is 111 Å². The molecule has 11 rings (SSSR count). The van der Waals surface area contributed by atoms with Crippen molar-refractivity contribution in [3.63, 3.8) is 0 Å². The minimum atomic E-state index is 0.630. The fourth-order valence-corrected chi connectivity index (χ4v) is 8.36. The Labute approximate surface area is 336 Å². The number of rotatable bonds is 6. The molecule has 0 atom stereocenters. The van der Waals surface area contributed by atoms with Crippen molar-refractivity contribution >= 4 is 43.1 Å². The van der Waals surface area contributed by atoms with E-state index >= 15 is 0 Å². The SMILES string of the molecule is c1ccc(-c2ccc(-c3cccc(-c4nc(-c5ccc6ccc(-c7ccc8ccccc8c7)cc6c5)nc(-c5cccc6ccccc56)n4)c3)c3ccccc23)cc1. The minimum Gasteiger partial charge on any atom is -0.208 e. The van der Waals surface area contributed by atoms with Crippen LogP contribution in [-0.2, 0) is 0 Å². The van der Waals surface area contributed by atoms with Gasteiger partial charge >= 0.3 is 0 Å². The summed E-state index contributed by atoms with van der Waals surface area (Å²) in [5, 5.41) is 9.43. The summed E-state index contributed by atoms with van der Waals surface area (Å²) in [7, 11) is 0. The predicted octanol–water partition coefficient (Wildman–Crippen LogP) is 14.5. The smallest absolute Gasteiger partial charge is 0.164 e. The molecular weight excluding hydrogens is 703 g/mol. The van der Waals surface area contributed by atoms with Crippen molar-refractivity contribution in [2.24, 2.45) is 0 Å². The molecule has 10 aromatic carbocycles. The van der Waals surface area contributed by atoms with Gasteiger partial charge in [0.15, 0.2) is 17.5 Å². The Balaban J connectivity index is 1.06. The molecule has 0 unspecified atom stereocenters. The number of hydrogen-bond acceptors (Lipinski definition) is 3. The fourth-order valence-electron chi connectivity index (χ4n) is 8.36. The van der Waals surface area contributed by atoms with Gasteiger partial charge in [0.05, 0.1) is 0 Å². The lowest BCUT2D eigenvalue weighted by Gasteiger charge is -2.14. The molecule has 270 valence electrons. The molecular formula is C55H35N3. The van der Waals surface area contributed by atoms with Crippen molar-refractivity contribution in [1.29, 1.82) is 0 Å². The van der Waals surface area contributed by atoms with Crippen LogP contribution in [0.4, 0.5) is 0 Å². The van der Waals surface area contributed by atoms with Gasteiger partial charge in [-0.1, -0.05) is 188 Å². The van der Waals surface area contributed by atoms with Gasteiger partial charge in [0.1, 0.15) is 0 Å². The van der Waals surface area contributed by atoms with Gasteiger partial charge in [-0.2, -0.15) is 0 Å². The summed E-state index contributed by atoms with van der Waals surface area (Å²) in [6, 6.07) is 75.5. The maximum atomic E-state index is 5.23. The Morgan fingerprint density at radius 3 is 1.41 bits per heavy atom. The summed E-state index contributed by atoms with van der Waals surface area (Å²) in [6.07, 6.45) is 0. The third-order valence-electron chi connectivity index (χ3n) is 11.3. The Kier molecular flexibility index (Phi) is 8.15. The molecule has 0 fully saturated rings. The molecule has 3 nitrogen and oxygen atoms in total. The first-order valence-corrected chi connectivity index (χ1v) is 19.7. The van der Waals surface area contributed by atoms with E-state index in [1.165, 1.54) is 43.8 Å². The van der Waals surface area contributed by atoms with E-state index in [2.05, 4.69) is 212 Å². The molecule has 0 amide bonds. The van der Waals surface area contributed by atoms with E-state index in [1.807, 2.05) is 0 Å². The first kappa shape index (κ1) is 33.6. The van der Waals surface area contributed by atoms with Crippen LogP contribution in [0.5, 0.6) is 0 Å². The highest BCUT2D eigenvalue weighted by atomic mass is 15.0. The van der Waals surface area contributed by atoms with Crippen molar-refractivity contribution < 1.29 is 0 Å². The molecule has 0 aliphatic heterocycles. The number of nitrogens with zero attached hydrogens (tertiary/aromatic N) is 3. The van der Waals surface area contributed by atoms with E-state index in [0.29, 0.717) is 17.5 Å². The molecule has 58 heavy (non-hydrogen) atoms. The molecule has 0 saturated carbocycles. The van der Waals surface area contributed by atoms with E-state index in [0.717, 1.165) is 49.4 Å². The van der Waals surface area contributed by atoms with Crippen molar-refractivity contribution in [2.45, 2.75) is 0 Å². The van der Waals surface area contributed by atoms with Gasteiger partial charge in [0, 0.05) is 16.7 Å². The number of aromatic nitrogens is 3. The normalized spacial score (nSPS) is 11.4. The molecule has 0 spiro atoms. The second-order valence-electron chi connectivity index (χ2n) is 14.8. The molecule has 0 bridgehead atoms. The summed E-state index contributed by atoms with van der Waals surface area (Å²) in [5.41, 5.74) is 9.89. The molecule has 11 aromatic rings. The maximum absolute atomic E-state index is 5.23. The molecule has 0 aliphatic carbocycles. The summed E-state index contributed by atoms with van der Waals surface area (Å²) in [4.78, 5) is 15.7. The molecule has 0 saturated heterocycles. The van der Waals surface area contributed by atoms with Crippen molar-refractivity contribution in [3.05, 3.63) is 212 Å². The van der Waals surface area contributed by atoms with Crippen molar-refractivity contribution in [3.8, 4) is 67.5 Å². The molecule has 3 heteroatoms. The zero-order valence-electron chi connectivity index (χ0n) is 31.5. The molecule has 1 heterocycles. The van der Waals surface area contributed by atoms with Gasteiger partial charge < -0.3 is 0 Å². The first-order valence-electron chi connectivity index (χ1n) is 19.7. The van der Waals surface area contributed by atoms with Crippen LogP contribution < -0.4 is 0 Å². The lowest BCUT2D eigenvalue weighted by atomic mass is 9.91. The highest BCUT2D eigenvalue weighted by molar-refractivity contribution is 6.05. The monoisotopic (exact) mass is 737 g/mol. The Morgan fingerprint density at radius 1 is 0.207 bits per heavy atom. The van der Waals surface area contributed by atoms with Crippen LogP contribution in [0.15, 0.2) is 212 Å². The van der Waals surface area contributed by atoms with Gasteiger partial charge in [-0.3, -0.25) is 0 Å². The Morgan fingerprint density at radius 2 is 0.672 bits per heavy atom. The lowest BCUT2D eigenvalue weighted by Crippen LogP contribution is -2.01. The fraction of sp³-hybridized carbons (Fsp3) is 0. The van der Waals surface area contributed by atoms with Crippen molar-refractivity contribution in [1.82, 2.24) is 15.0 Å². The van der Waals surface area contributed by atoms with Gasteiger partial charge in [-0.15, -0.1) is 0 Å². The minimum absolute atomic E-state index is 0.630. The molecule has 0 radical (unpaired) electrons. The summed E-state index contributed by atoms with van der Waals surface area (Å²) in [5.74, 6) is 1.91. The summed E-state index contributed by atoms with van der Waals surface area (Å²) < 4.78 is 0. The summed E-state index contributed by atoms with van der Waals surface area (Å²) in [6.45, 7) is 0. The number of benzene rings is 10. The van der Waals surface area contributed by atoms with E-state index in [4.69, 9.17) is 15.0 Å². The van der Waals surface area contributed by atoms with E-state index < -0.39 is 0 Å². The van der Waals surface area contributed by atoms with Gasteiger partial charge in [-0.05, 0) is 101 Å². The molecule has 1 aromatic heterocycles. The quantitative estimate of drug-likeness (QED) is 0.171. The zero-order valence-corrected chi connectivity index (χ0v) is 31.5. The number of fused-ring (bicyclic) bond motifs is 4. The standard InChI is InChI=1S/C55H35N3/c1-2-13-38(14-3-1)48-30-31-49(51-22-9-8-21-50(48)51)43-18-10-19-44(34-43)53-56-54(58-55(57-53)52-23-11-17-39-15-6-7-20-47(39)52)45-29-26-37-25-28-42(33-46(37)35-45)41-27-24-36-12-4-5-16-40(36)32-41/h1-35H. The maximum Gasteiger partial charge on any atom is 0.164 e. The van der Waals surface area contributed by atoms with Gasteiger partial charge in [0.25, 0.3) is 0 Å². The highest BCUT2D eigenvalue weighted by Crippen LogP contribution is 2.38. The molecule has 0 aliphatic rings. The highest BCUT2D eigenvalue weighted by Gasteiger charge is 2.17. The van der Waals surface area contributed by atoms with E-state index in [9.17, 15) is 0 Å². The molecule has 0 N–H and O–H groups in total. The van der Waals surface area contributed by atoms with Crippen LogP contribution in [-0.4, -0.2) is 15.0 Å². The number of hydrogen-bond donors (Lipinski definition) is 0. The summed E-state index contributed by atoms with van der Waals surface area (Å²) >= 11 is 0. The van der Waals surface area contributed by atoms with Crippen molar-refractivity contribution in [2.75, 3.05) is 0 Å². The van der Waals surface area contributed by atoms with Gasteiger partial charge in [-0.25, -0.2) is 15.0 Å². The largest absolute Gasteiger partial charge is 0.208 e. The second kappa shape index (κ2) is 14.1. The first-order chi connectivity index (χ1) is 28.7. The average Bonchev–Trinajstić information content (AvgIpc) is 3.30. The Hall–Kier alpha value is -7.75. The predicted molar refractivity (Wildman–Crippen MR) is 242 cm³/mol. The van der Waals surface area contributed by atoms with Crippen LogP contribution in [0.1, 0.15) is 0 Å². The van der Waals surface area contributed by atoms with Crippen LogP contribution in [0, 0.1) is 0 Å².